The van der Waals surface area contributed by atoms with Crippen LogP contribution in [-0.4, -0.2) is 21.1 Å². The first kappa shape index (κ1) is 15.9. The molecule has 4 aromatic rings. The molecule has 1 unspecified atom stereocenters. The van der Waals surface area contributed by atoms with Crippen molar-refractivity contribution in [2.75, 3.05) is 0 Å². The van der Waals surface area contributed by atoms with Crippen molar-refractivity contribution < 1.29 is 0 Å². The molecule has 2 aromatic carbocycles. The third-order valence-corrected chi connectivity index (χ3v) is 5.29. The van der Waals surface area contributed by atoms with Crippen LogP contribution in [0.15, 0.2) is 53.5 Å². The van der Waals surface area contributed by atoms with Crippen molar-refractivity contribution in [2.24, 2.45) is 17.8 Å². The highest BCUT2D eigenvalue weighted by Gasteiger charge is 2.22. The minimum absolute atomic E-state index is 0.0420. The van der Waals surface area contributed by atoms with E-state index in [-0.39, 0.29) is 11.6 Å². The molecule has 4 nitrogen and oxygen atoms in total. The Morgan fingerprint density at radius 2 is 1.68 bits per heavy atom. The number of H-pyrrole nitrogens is 1. The second-order valence-electron chi connectivity index (χ2n) is 7.37. The highest BCUT2D eigenvalue weighted by molar-refractivity contribution is 6.08. The summed E-state index contributed by atoms with van der Waals surface area (Å²) in [5.74, 6) is 0. The number of fused-ring (bicyclic) bond motifs is 4. The third kappa shape index (κ3) is 2.36. The monoisotopic (exact) mass is 332 g/mol. The Labute approximate surface area is 147 Å². The van der Waals surface area contributed by atoms with Crippen LogP contribution in [0.3, 0.4) is 0 Å². The molecule has 0 saturated carbocycles. The van der Waals surface area contributed by atoms with E-state index in [1.165, 1.54) is 16.4 Å². The zero-order valence-corrected chi connectivity index (χ0v) is 15.2. The third-order valence-electron chi connectivity index (χ3n) is 5.29. The summed E-state index contributed by atoms with van der Waals surface area (Å²) in [6.45, 7) is 6.19. The molecule has 2 heterocycles. The molecular weight excluding hydrogens is 308 g/mol. The summed E-state index contributed by atoms with van der Waals surface area (Å²) >= 11 is 0. The van der Waals surface area contributed by atoms with E-state index < -0.39 is 0 Å². The Morgan fingerprint density at radius 1 is 1.04 bits per heavy atom. The number of nitrogens with one attached hydrogen (secondary N) is 1. The topological polar surface area (TPSA) is 59.1 Å². The SMILES string of the molecule is CC(N)C(C)(C)N=c1c2ccccc2n(C)c2c1[nH]c1ccccc12. The average molecular weight is 332 g/mol. The van der Waals surface area contributed by atoms with E-state index in [9.17, 15) is 0 Å². The first-order valence-electron chi connectivity index (χ1n) is 8.70. The van der Waals surface area contributed by atoms with Gasteiger partial charge < -0.3 is 15.3 Å². The molecule has 0 amide bonds. The quantitative estimate of drug-likeness (QED) is 0.576. The predicted molar refractivity (Wildman–Crippen MR) is 106 cm³/mol. The molecule has 3 N–H and O–H groups in total. The van der Waals surface area contributed by atoms with E-state index in [0.717, 1.165) is 21.8 Å². The first-order chi connectivity index (χ1) is 11.9. The summed E-state index contributed by atoms with van der Waals surface area (Å²) in [7, 11) is 2.12. The lowest BCUT2D eigenvalue weighted by molar-refractivity contribution is 0.427. The second-order valence-corrected chi connectivity index (χ2v) is 7.37. The minimum atomic E-state index is -0.354. The van der Waals surface area contributed by atoms with Gasteiger partial charge in [0.15, 0.2) is 0 Å². The number of aromatic amines is 1. The smallest absolute Gasteiger partial charge is 0.0931 e. The number of aromatic nitrogens is 2. The summed E-state index contributed by atoms with van der Waals surface area (Å²) in [6, 6.07) is 16.8. The molecular formula is C21H24N4. The zero-order chi connectivity index (χ0) is 17.8. The molecule has 1 atom stereocenters. The normalized spacial score (nSPS) is 14.7. The maximum atomic E-state index is 6.20. The van der Waals surface area contributed by atoms with Crippen LogP contribution in [0.25, 0.3) is 32.8 Å². The van der Waals surface area contributed by atoms with Crippen LogP contribution >= 0.6 is 0 Å². The maximum Gasteiger partial charge on any atom is 0.0931 e. The van der Waals surface area contributed by atoms with Crippen LogP contribution in [0.5, 0.6) is 0 Å². The van der Waals surface area contributed by atoms with E-state index in [2.05, 4.69) is 79.0 Å². The fourth-order valence-electron chi connectivity index (χ4n) is 3.37. The Morgan fingerprint density at radius 3 is 2.40 bits per heavy atom. The van der Waals surface area contributed by atoms with Crippen molar-refractivity contribution in [1.82, 2.24) is 9.55 Å². The summed E-state index contributed by atoms with van der Waals surface area (Å²) in [5, 5.41) is 3.33. The summed E-state index contributed by atoms with van der Waals surface area (Å²) in [6.07, 6.45) is 0. The van der Waals surface area contributed by atoms with Gasteiger partial charge in [0.25, 0.3) is 0 Å². The average Bonchev–Trinajstić information content (AvgIpc) is 2.98. The highest BCUT2D eigenvalue weighted by atomic mass is 15.0. The number of aryl methyl sites for hydroxylation is 1. The van der Waals surface area contributed by atoms with Gasteiger partial charge in [-0.05, 0) is 32.9 Å². The number of para-hydroxylation sites is 2. The number of benzene rings is 2. The number of pyridine rings is 1. The van der Waals surface area contributed by atoms with Crippen molar-refractivity contribution in [2.45, 2.75) is 32.4 Å². The molecule has 0 radical (unpaired) electrons. The predicted octanol–water partition coefficient (Wildman–Crippen LogP) is 3.84. The van der Waals surface area contributed by atoms with Gasteiger partial charge in [0.05, 0.1) is 27.4 Å². The molecule has 25 heavy (non-hydrogen) atoms. The lowest BCUT2D eigenvalue weighted by Crippen LogP contribution is -2.40. The van der Waals surface area contributed by atoms with Crippen LogP contribution in [0.4, 0.5) is 0 Å². The van der Waals surface area contributed by atoms with Crippen molar-refractivity contribution in [3.63, 3.8) is 0 Å². The van der Waals surface area contributed by atoms with Gasteiger partial charge in [-0.1, -0.05) is 36.4 Å². The molecule has 2 aromatic heterocycles. The summed E-state index contributed by atoms with van der Waals surface area (Å²) in [4.78, 5) is 8.70. The summed E-state index contributed by atoms with van der Waals surface area (Å²) < 4.78 is 2.25. The molecule has 128 valence electrons. The van der Waals surface area contributed by atoms with Gasteiger partial charge in [-0.25, -0.2) is 0 Å². The van der Waals surface area contributed by atoms with Crippen LogP contribution in [0.1, 0.15) is 20.8 Å². The van der Waals surface area contributed by atoms with Gasteiger partial charge in [0.2, 0.25) is 0 Å². The highest BCUT2D eigenvalue weighted by Crippen LogP contribution is 2.26. The van der Waals surface area contributed by atoms with Gasteiger partial charge in [-0.2, -0.15) is 0 Å². The van der Waals surface area contributed by atoms with Crippen molar-refractivity contribution >= 4 is 32.8 Å². The Balaban J connectivity index is 2.30. The Hall–Kier alpha value is -2.59. The number of nitrogens with two attached hydrogens (primary N) is 1. The van der Waals surface area contributed by atoms with E-state index >= 15 is 0 Å². The largest absolute Gasteiger partial charge is 0.351 e. The van der Waals surface area contributed by atoms with Crippen LogP contribution < -0.4 is 11.1 Å². The van der Waals surface area contributed by atoms with Crippen LogP contribution in [0.2, 0.25) is 0 Å². The molecule has 0 aliphatic carbocycles. The standard InChI is InChI=1S/C21H24N4/c1-13(22)21(2,3)24-18-15-10-6-8-12-17(15)25(4)20-14-9-5-7-11-16(14)23-19(18)20/h5-13,23H,22H2,1-4H3. The number of hydrogen-bond donors (Lipinski definition) is 2. The molecule has 0 fully saturated rings. The lowest BCUT2D eigenvalue weighted by Gasteiger charge is -2.24. The van der Waals surface area contributed by atoms with Gasteiger partial charge in [0.1, 0.15) is 0 Å². The number of rotatable bonds is 2. The van der Waals surface area contributed by atoms with Gasteiger partial charge in [-0.3, -0.25) is 4.99 Å². The zero-order valence-electron chi connectivity index (χ0n) is 15.2. The van der Waals surface area contributed by atoms with Gasteiger partial charge in [-0.15, -0.1) is 0 Å². The lowest BCUT2D eigenvalue weighted by atomic mass is 9.97. The van der Waals surface area contributed by atoms with E-state index in [0.29, 0.717) is 0 Å². The molecule has 4 rings (SSSR count). The fourth-order valence-corrected chi connectivity index (χ4v) is 3.37. The molecule has 0 aliphatic rings. The molecule has 0 bridgehead atoms. The van der Waals surface area contributed by atoms with Crippen molar-refractivity contribution in [3.8, 4) is 0 Å². The van der Waals surface area contributed by atoms with Crippen LogP contribution in [-0.2, 0) is 7.05 Å². The maximum absolute atomic E-state index is 6.20. The second kappa shape index (κ2) is 5.46. The van der Waals surface area contributed by atoms with Gasteiger partial charge in [0, 0.05) is 29.4 Å². The van der Waals surface area contributed by atoms with E-state index in [1.54, 1.807) is 0 Å². The summed E-state index contributed by atoms with van der Waals surface area (Å²) in [5.41, 5.74) is 10.4. The molecule has 4 heteroatoms. The Bertz CT molecular complexity index is 1160. The van der Waals surface area contributed by atoms with E-state index in [1.807, 2.05) is 6.92 Å². The molecule has 0 aliphatic heterocycles. The molecule has 0 spiro atoms. The van der Waals surface area contributed by atoms with E-state index in [4.69, 9.17) is 10.7 Å². The minimum Gasteiger partial charge on any atom is -0.351 e. The van der Waals surface area contributed by atoms with Crippen molar-refractivity contribution in [1.29, 1.82) is 0 Å². The van der Waals surface area contributed by atoms with Gasteiger partial charge >= 0.3 is 0 Å². The molecule has 0 saturated heterocycles. The Kier molecular flexibility index (Phi) is 3.48. The van der Waals surface area contributed by atoms with Crippen LogP contribution in [0, 0.1) is 0 Å². The van der Waals surface area contributed by atoms with Crippen molar-refractivity contribution in [3.05, 3.63) is 53.9 Å². The first-order valence-corrected chi connectivity index (χ1v) is 8.70. The number of nitrogens with zero attached hydrogens (tertiary/aromatic N) is 2. The number of hydrogen-bond acceptors (Lipinski definition) is 2. The fraction of sp³-hybridized carbons (Fsp3) is 0.286.